The Hall–Kier alpha value is -0.900. The number of rotatable bonds is 6. The molecule has 0 aromatic heterocycles. The molecule has 0 bridgehead atoms. The molecule has 0 aromatic carbocycles. The van der Waals surface area contributed by atoms with E-state index in [-0.39, 0.29) is 11.7 Å². The van der Waals surface area contributed by atoms with Gasteiger partial charge in [-0.3, -0.25) is 0 Å². The Balaban J connectivity index is 1.78. The van der Waals surface area contributed by atoms with Gasteiger partial charge in [-0.1, -0.05) is 6.92 Å². The molecule has 11 N–H and O–H groups in total. The Kier molecular flexibility index (Phi) is 7.92. The van der Waals surface area contributed by atoms with Crippen molar-refractivity contribution >= 4 is 0 Å². The van der Waals surface area contributed by atoms with Crippen molar-refractivity contribution in [1.82, 2.24) is 0 Å². The number of hydrogen-bond donors (Lipinski definition) is 8. The Labute approximate surface area is 180 Å². The van der Waals surface area contributed by atoms with Crippen LogP contribution in [0.1, 0.15) is 20.3 Å². The first-order valence-corrected chi connectivity index (χ1v) is 10.5. The first-order chi connectivity index (χ1) is 14.5. The molecular weight excluding hydrogens is 414 g/mol. The van der Waals surface area contributed by atoms with Crippen LogP contribution >= 0.6 is 0 Å². The molecule has 1 aliphatic carbocycles. The van der Waals surface area contributed by atoms with Crippen molar-refractivity contribution in [2.45, 2.75) is 93.7 Å². The highest BCUT2D eigenvalue weighted by Gasteiger charge is 2.51. The monoisotopic (exact) mass is 449 g/mol. The summed E-state index contributed by atoms with van der Waals surface area (Å²) in [5.74, 6) is -0.167. The second-order valence-corrected chi connectivity index (χ2v) is 8.72. The fourth-order valence-corrected chi connectivity index (χ4v) is 4.27. The zero-order chi connectivity index (χ0) is 23.0. The average Bonchev–Trinajstić information content (AvgIpc) is 3.00. The smallest absolute Gasteiger partial charge is 0.218 e. The third kappa shape index (κ3) is 5.04. The van der Waals surface area contributed by atoms with Gasteiger partial charge in [-0.2, -0.15) is 0 Å². The van der Waals surface area contributed by atoms with Crippen LogP contribution < -0.4 is 17.2 Å². The highest BCUT2D eigenvalue weighted by atomic mass is 16.7. The minimum atomic E-state index is -1.39. The summed E-state index contributed by atoms with van der Waals surface area (Å²) < 4.78 is 22.9. The molecule has 12 heteroatoms. The second-order valence-electron chi connectivity index (χ2n) is 8.72. The molecule has 4 unspecified atom stereocenters. The second kappa shape index (κ2) is 9.93. The normalized spacial score (nSPS) is 49.4. The highest BCUT2D eigenvalue weighted by Crippen LogP contribution is 2.34. The van der Waals surface area contributed by atoms with Gasteiger partial charge in [0.25, 0.3) is 0 Å². The maximum absolute atomic E-state index is 10.8. The third-order valence-corrected chi connectivity index (χ3v) is 6.16. The van der Waals surface area contributed by atoms with Crippen LogP contribution in [-0.4, -0.2) is 106 Å². The molecule has 2 aliphatic heterocycles. The van der Waals surface area contributed by atoms with Crippen LogP contribution in [0.3, 0.4) is 0 Å². The zero-order valence-corrected chi connectivity index (χ0v) is 17.6. The summed E-state index contributed by atoms with van der Waals surface area (Å²) >= 11 is 0. The van der Waals surface area contributed by atoms with E-state index >= 15 is 0 Å². The topological polar surface area (TPSA) is 216 Å². The molecule has 0 spiro atoms. The summed E-state index contributed by atoms with van der Waals surface area (Å²) in [6.45, 7) is 2.96. The SMILES string of the molecule is C[C@@H]1CC(N)[C@@H](O[C@H]2OC(CO)=CC(O)[C@@H]2N)[C@H](O[C@@H]2O[C@H]([C@H](C)N)[C@H](O)C2O)C1O. The molecule has 0 amide bonds. The molecule has 12 nitrogen and oxygen atoms in total. The fourth-order valence-electron chi connectivity index (χ4n) is 4.27. The summed E-state index contributed by atoms with van der Waals surface area (Å²) in [7, 11) is 0. The maximum Gasteiger partial charge on any atom is 0.218 e. The lowest BCUT2D eigenvalue weighted by Crippen LogP contribution is -2.62. The standard InChI is InChI=1S/C19H35N3O9/c1-6-3-9(21)16(30-18-11(22)10(24)4-8(5-23)28-18)17(12(6)25)31-19-14(27)13(26)15(29-19)7(2)20/h4,6-7,9-19,23-27H,3,5,20-22H2,1-2H3/t6-,7+,9?,10?,11+,12?,13-,14?,15-,16-,17-,18-,19+/m1/s1. The van der Waals surface area contributed by atoms with Crippen LogP contribution in [-0.2, 0) is 18.9 Å². The number of nitrogens with two attached hydrogens (primary N) is 3. The molecule has 31 heavy (non-hydrogen) atoms. The van der Waals surface area contributed by atoms with Crippen LogP contribution in [0.5, 0.6) is 0 Å². The third-order valence-electron chi connectivity index (χ3n) is 6.16. The lowest BCUT2D eigenvalue weighted by molar-refractivity contribution is -0.279. The Morgan fingerprint density at radius 1 is 1.06 bits per heavy atom. The number of aliphatic hydroxyl groups excluding tert-OH is 5. The number of aliphatic hydroxyl groups is 5. The first-order valence-electron chi connectivity index (χ1n) is 10.5. The van der Waals surface area contributed by atoms with Crippen molar-refractivity contribution in [2.75, 3.05) is 6.61 Å². The zero-order valence-electron chi connectivity index (χ0n) is 17.6. The molecule has 0 aromatic rings. The van der Waals surface area contributed by atoms with Crippen molar-refractivity contribution in [3.05, 3.63) is 11.8 Å². The Morgan fingerprint density at radius 3 is 2.29 bits per heavy atom. The van der Waals surface area contributed by atoms with Gasteiger partial charge in [-0.05, 0) is 25.3 Å². The van der Waals surface area contributed by atoms with Gasteiger partial charge in [0, 0.05) is 12.1 Å². The van der Waals surface area contributed by atoms with Gasteiger partial charge in [0.1, 0.15) is 42.9 Å². The van der Waals surface area contributed by atoms with E-state index in [9.17, 15) is 25.5 Å². The van der Waals surface area contributed by atoms with Crippen molar-refractivity contribution < 1.29 is 44.5 Å². The number of hydrogen-bond acceptors (Lipinski definition) is 12. The van der Waals surface area contributed by atoms with Gasteiger partial charge in [0.15, 0.2) is 6.29 Å². The van der Waals surface area contributed by atoms with E-state index in [4.69, 9.17) is 36.1 Å². The highest BCUT2D eigenvalue weighted by molar-refractivity contribution is 5.07. The fraction of sp³-hybridized carbons (Fsp3) is 0.895. The van der Waals surface area contributed by atoms with Gasteiger partial charge in [-0.25, -0.2) is 0 Å². The van der Waals surface area contributed by atoms with Gasteiger partial charge in [-0.15, -0.1) is 0 Å². The Bertz CT molecular complexity index is 639. The molecule has 13 atom stereocenters. The average molecular weight is 450 g/mol. The van der Waals surface area contributed by atoms with Crippen LogP contribution in [0.2, 0.25) is 0 Å². The van der Waals surface area contributed by atoms with Crippen molar-refractivity contribution in [3.8, 4) is 0 Å². The van der Waals surface area contributed by atoms with Gasteiger partial charge in [0.2, 0.25) is 6.29 Å². The summed E-state index contributed by atoms with van der Waals surface area (Å²) in [4.78, 5) is 0. The lowest BCUT2D eigenvalue weighted by Gasteiger charge is -2.45. The van der Waals surface area contributed by atoms with E-state index in [1.54, 1.807) is 13.8 Å². The van der Waals surface area contributed by atoms with Crippen LogP contribution in [0, 0.1) is 5.92 Å². The first kappa shape index (κ1) is 24.7. The van der Waals surface area contributed by atoms with Gasteiger partial charge >= 0.3 is 0 Å². The summed E-state index contributed by atoms with van der Waals surface area (Å²) in [5.41, 5.74) is 18.1. The molecule has 3 aliphatic rings. The van der Waals surface area contributed by atoms with E-state index in [2.05, 4.69) is 0 Å². The van der Waals surface area contributed by atoms with Crippen molar-refractivity contribution in [2.24, 2.45) is 23.1 Å². The van der Waals surface area contributed by atoms with Crippen molar-refractivity contribution in [1.29, 1.82) is 0 Å². The van der Waals surface area contributed by atoms with E-state index in [0.717, 1.165) is 0 Å². The molecule has 3 rings (SSSR count). The van der Waals surface area contributed by atoms with Gasteiger partial charge < -0.3 is 61.7 Å². The predicted octanol–water partition coefficient (Wildman–Crippen LogP) is -3.80. The Morgan fingerprint density at radius 2 is 1.71 bits per heavy atom. The quantitative estimate of drug-likeness (QED) is 0.196. The molecule has 2 fully saturated rings. The predicted molar refractivity (Wildman–Crippen MR) is 106 cm³/mol. The van der Waals surface area contributed by atoms with Crippen LogP contribution in [0.15, 0.2) is 11.8 Å². The van der Waals surface area contributed by atoms with E-state index in [1.807, 2.05) is 0 Å². The van der Waals surface area contributed by atoms with E-state index < -0.39 is 80.0 Å². The van der Waals surface area contributed by atoms with E-state index in [0.29, 0.717) is 6.42 Å². The largest absolute Gasteiger partial charge is 0.465 e. The van der Waals surface area contributed by atoms with Crippen LogP contribution in [0.25, 0.3) is 0 Å². The molecule has 180 valence electrons. The summed E-state index contributed by atoms with van der Waals surface area (Å²) in [6, 6.07) is -2.15. The van der Waals surface area contributed by atoms with Crippen LogP contribution in [0.4, 0.5) is 0 Å². The molecule has 1 saturated carbocycles. The molecular formula is C19H35N3O9. The van der Waals surface area contributed by atoms with Gasteiger partial charge in [0.05, 0.1) is 18.2 Å². The summed E-state index contributed by atoms with van der Waals surface area (Å²) in [6.07, 6.45) is -8.43. The number of ether oxygens (including phenoxy) is 4. The molecule has 0 radical (unpaired) electrons. The maximum atomic E-state index is 10.8. The summed E-state index contributed by atoms with van der Waals surface area (Å²) in [5, 5.41) is 50.8. The molecule has 2 heterocycles. The lowest BCUT2D eigenvalue weighted by atomic mass is 9.80. The minimum Gasteiger partial charge on any atom is -0.465 e. The van der Waals surface area contributed by atoms with Crippen molar-refractivity contribution in [3.63, 3.8) is 0 Å². The molecule has 1 saturated heterocycles. The minimum absolute atomic E-state index is 0.0902. The van der Waals surface area contributed by atoms with E-state index in [1.165, 1.54) is 6.08 Å².